The fourth-order valence-corrected chi connectivity index (χ4v) is 2.50. The quantitative estimate of drug-likeness (QED) is 0.539. The minimum atomic E-state index is -0.248. The monoisotopic (exact) mass is 329 g/mol. The van der Waals surface area contributed by atoms with Crippen LogP contribution in [0.2, 0.25) is 0 Å². The molecule has 0 radical (unpaired) electrons. The molecular weight excluding hydrogens is 309 g/mol. The lowest BCUT2D eigenvalue weighted by Gasteiger charge is -2.28. The summed E-state index contributed by atoms with van der Waals surface area (Å²) in [6.07, 6.45) is 2.48. The van der Waals surface area contributed by atoms with E-state index in [-0.39, 0.29) is 17.8 Å². The number of nitrogens with zero attached hydrogens (tertiary/aromatic N) is 1. The van der Waals surface area contributed by atoms with Crippen LogP contribution in [-0.2, 0) is 4.79 Å². The molecule has 106 valence electrons. The second-order valence-electron chi connectivity index (χ2n) is 4.55. The lowest BCUT2D eigenvalue weighted by atomic mass is 10.1. The Morgan fingerprint density at radius 1 is 1.32 bits per heavy atom. The molecule has 1 aromatic carbocycles. The molecule has 0 spiro atoms. The molecule has 4 heteroatoms. The molecule has 0 heterocycles. The number of rotatable bonds is 7. The van der Waals surface area contributed by atoms with Crippen molar-refractivity contribution in [3.05, 3.63) is 35.6 Å². The van der Waals surface area contributed by atoms with E-state index in [1.54, 1.807) is 12.1 Å². The second-order valence-corrected chi connectivity index (χ2v) is 5.35. The van der Waals surface area contributed by atoms with Gasteiger partial charge in [-0.2, -0.15) is 0 Å². The molecular formula is C15H21BrFNO. The lowest BCUT2D eigenvalue weighted by molar-refractivity contribution is -0.133. The van der Waals surface area contributed by atoms with Crippen LogP contribution in [0, 0.1) is 5.82 Å². The van der Waals surface area contributed by atoms with E-state index in [0.29, 0.717) is 13.0 Å². The summed E-state index contributed by atoms with van der Waals surface area (Å²) in [4.78, 5) is 14.0. The standard InChI is InChI=1S/C15H21BrFNO/c1-3-18(15(19)6-4-5-11-16)12(2)13-7-9-14(17)10-8-13/h7-10,12H,3-6,11H2,1-2H3. The number of halogens is 2. The summed E-state index contributed by atoms with van der Waals surface area (Å²) < 4.78 is 12.9. The van der Waals surface area contributed by atoms with Gasteiger partial charge in [0.2, 0.25) is 5.91 Å². The maximum atomic E-state index is 12.9. The van der Waals surface area contributed by atoms with Gasteiger partial charge in [0.25, 0.3) is 0 Å². The van der Waals surface area contributed by atoms with Crippen LogP contribution in [0.3, 0.4) is 0 Å². The van der Waals surface area contributed by atoms with Gasteiger partial charge >= 0.3 is 0 Å². The number of carbonyl (C=O) groups excluding carboxylic acids is 1. The Morgan fingerprint density at radius 3 is 2.47 bits per heavy atom. The highest BCUT2D eigenvalue weighted by atomic mass is 79.9. The normalized spacial score (nSPS) is 12.2. The Labute approximate surface area is 123 Å². The predicted octanol–water partition coefficient (Wildman–Crippen LogP) is 4.30. The van der Waals surface area contributed by atoms with Crippen LogP contribution in [0.25, 0.3) is 0 Å². The first kappa shape index (κ1) is 16.2. The largest absolute Gasteiger partial charge is 0.336 e. The summed E-state index contributed by atoms with van der Waals surface area (Å²) in [5, 5.41) is 0.930. The van der Waals surface area contributed by atoms with Gasteiger partial charge in [0.1, 0.15) is 5.82 Å². The number of hydrogen-bond donors (Lipinski definition) is 0. The van der Waals surface area contributed by atoms with Crippen molar-refractivity contribution in [2.24, 2.45) is 0 Å². The van der Waals surface area contributed by atoms with Crippen molar-refractivity contribution in [3.63, 3.8) is 0 Å². The fraction of sp³-hybridized carbons (Fsp3) is 0.533. The van der Waals surface area contributed by atoms with Crippen molar-refractivity contribution >= 4 is 21.8 Å². The van der Waals surface area contributed by atoms with Crippen LogP contribution in [-0.4, -0.2) is 22.7 Å². The third-order valence-electron chi connectivity index (χ3n) is 3.26. The van der Waals surface area contributed by atoms with Crippen molar-refractivity contribution in [1.82, 2.24) is 4.90 Å². The maximum absolute atomic E-state index is 12.9. The minimum Gasteiger partial charge on any atom is -0.336 e. The number of unbranched alkanes of at least 4 members (excludes halogenated alkanes) is 1. The van der Waals surface area contributed by atoms with Gasteiger partial charge in [-0.25, -0.2) is 4.39 Å². The molecule has 1 atom stereocenters. The van der Waals surface area contributed by atoms with E-state index in [2.05, 4.69) is 15.9 Å². The van der Waals surface area contributed by atoms with Crippen molar-refractivity contribution < 1.29 is 9.18 Å². The van der Waals surface area contributed by atoms with Crippen LogP contribution < -0.4 is 0 Å². The van der Waals surface area contributed by atoms with E-state index >= 15 is 0 Å². The van der Waals surface area contributed by atoms with E-state index < -0.39 is 0 Å². The van der Waals surface area contributed by atoms with E-state index in [1.165, 1.54) is 12.1 Å². The summed E-state index contributed by atoms with van der Waals surface area (Å²) in [6.45, 7) is 4.63. The highest BCUT2D eigenvalue weighted by molar-refractivity contribution is 9.09. The Hall–Kier alpha value is -0.900. The molecule has 0 N–H and O–H groups in total. The van der Waals surface area contributed by atoms with Gasteiger partial charge in [-0.3, -0.25) is 4.79 Å². The van der Waals surface area contributed by atoms with Gasteiger partial charge in [0.05, 0.1) is 6.04 Å². The third-order valence-corrected chi connectivity index (χ3v) is 3.82. The molecule has 2 nitrogen and oxygen atoms in total. The number of amides is 1. The summed E-state index contributed by atoms with van der Waals surface area (Å²) in [5.41, 5.74) is 0.970. The van der Waals surface area contributed by atoms with Crippen molar-refractivity contribution in [1.29, 1.82) is 0 Å². The van der Waals surface area contributed by atoms with Crippen LogP contribution in [0.1, 0.15) is 44.7 Å². The maximum Gasteiger partial charge on any atom is 0.223 e. The Balaban J connectivity index is 2.67. The topological polar surface area (TPSA) is 20.3 Å². The minimum absolute atomic E-state index is 0.0120. The molecule has 0 bridgehead atoms. The molecule has 1 rings (SSSR count). The SMILES string of the molecule is CCN(C(=O)CCCCBr)C(C)c1ccc(F)cc1. The second kappa shape index (κ2) is 8.31. The van der Waals surface area contributed by atoms with Crippen LogP contribution in [0.4, 0.5) is 4.39 Å². The van der Waals surface area contributed by atoms with Gasteiger partial charge < -0.3 is 4.90 Å². The third kappa shape index (κ3) is 4.94. The number of hydrogen-bond acceptors (Lipinski definition) is 1. The van der Waals surface area contributed by atoms with E-state index in [4.69, 9.17) is 0 Å². The summed E-state index contributed by atoms with van der Waals surface area (Å²) >= 11 is 3.37. The zero-order valence-electron chi connectivity index (χ0n) is 11.5. The van der Waals surface area contributed by atoms with E-state index in [0.717, 1.165) is 23.7 Å². The first-order valence-electron chi connectivity index (χ1n) is 6.71. The first-order valence-corrected chi connectivity index (χ1v) is 7.83. The van der Waals surface area contributed by atoms with E-state index in [1.807, 2.05) is 18.7 Å². The molecule has 0 aromatic heterocycles. The van der Waals surface area contributed by atoms with Gasteiger partial charge in [0, 0.05) is 18.3 Å². The molecule has 19 heavy (non-hydrogen) atoms. The molecule has 0 aliphatic rings. The highest BCUT2D eigenvalue weighted by Crippen LogP contribution is 2.21. The molecule has 1 unspecified atom stereocenters. The van der Waals surface area contributed by atoms with Gasteiger partial charge in [0.15, 0.2) is 0 Å². The van der Waals surface area contributed by atoms with Gasteiger partial charge in [-0.1, -0.05) is 28.1 Å². The number of benzene rings is 1. The van der Waals surface area contributed by atoms with Crippen molar-refractivity contribution in [2.75, 3.05) is 11.9 Å². The van der Waals surface area contributed by atoms with E-state index in [9.17, 15) is 9.18 Å². The molecule has 0 saturated carbocycles. The predicted molar refractivity (Wildman–Crippen MR) is 79.8 cm³/mol. The number of alkyl halides is 1. The highest BCUT2D eigenvalue weighted by Gasteiger charge is 2.19. The molecule has 0 fully saturated rings. The summed E-state index contributed by atoms with van der Waals surface area (Å²) in [5.74, 6) is -0.0806. The Bertz CT molecular complexity index is 394. The molecule has 1 amide bonds. The average molecular weight is 330 g/mol. The fourth-order valence-electron chi connectivity index (χ4n) is 2.10. The summed E-state index contributed by atoms with van der Waals surface area (Å²) in [6, 6.07) is 6.36. The molecule has 1 aromatic rings. The Kier molecular flexibility index (Phi) is 7.06. The van der Waals surface area contributed by atoms with Crippen molar-refractivity contribution in [2.45, 2.75) is 39.2 Å². The molecule has 0 saturated heterocycles. The first-order chi connectivity index (χ1) is 9.10. The molecule has 0 aliphatic carbocycles. The average Bonchev–Trinajstić information content (AvgIpc) is 2.40. The Morgan fingerprint density at radius 2 is 1.95 bits per heavy atom. The smallest absolute Gasteiger partial charge is 0.223 e. The van der Waals surface area contributed by atoms with Crippen LogP contribution in [0.15, 0.2) is 24.3 Å². The lowest BCUT2D eigenvalue weighted by Crippen LogP contribution is -2.33. The van der Waals surface area contributed by atoms with Gasteiger partial charge in [-0.05, 0) is 44.4 Å². The zero-order valence-corrected chi connectivity index (χ0v) is 13.1. The molecule has 0 aliphatic heterocycles. The van der Waals surface area contributed by atoms with Crippen molar-refractivity contribution in [3.8, 4) is 0 Å². The van der Waals surface area contributed by atoms with Crippen LogP contribution in [0.5, 0.6) is 0 Å². The zero-order chi connectivity index (χ0) is 14.3. The summed E-state index contributed by atoms with van der Waals surface area (Å²) in [7, 11) is 0. The number of carbonyl (C=O) groups is 1. The van der Waals surface area contributed by atoms with Gasteiger partial charge in [-0.15, -0.1) is 0 Å². The van der Waals surface area contributed by atoms with Crippen LogP contribution >= 0.6 is 15.9 Å².